The SMILES string of the molecule is C=CCOCC=C.O=C1O[C@H]([C@@H](O)CO)C(O)=C1O. The van der Waals surface area contributed by atoms with Gasteiger partial charge in [-0.1, -0.05) is 12.2 Å². The molecular weight excluding hydrogens is 256 g/mol. The lowest BCUT2D eigenvalue weighted by Crippen LogP contribution is -2.31. The number of hydrogen-bond acceptors (Lipinski definition) is 7. The highest BCUT2D eigenvalue weighted by Crippen LogP contribution is 2.20. The van der Waals surface area contributed by atoms with Crippen LogP contribution in [-0.4, -0.2) is 58.4 Å². The zero-order valence-electron chi connectivity index (χ0n) is 10.4. The van der Waals surface area contributed by atoms with Crippen LogP contribution in [0.25, 0.3) is 0 Å². The van der Waals surface area contributed by atoms with E-state index in [9.17, 15) is 4.79 Å². The fourth-order valence-corrected chi connectivity index (χ4v) is 1.06. The summed E-state index contributed by atoms with van der Waals surface area (Å²) in [5.41, 5.74) is 0. The molecule has 0 saturated heterocycles. The predicted octanol–water partition coefficient (Wildman–Crippen LogP) is -0.0324. The standard InChI is InChI=1S/C6H8O6.C6H10O/c7-1-2(8)5-3(9)4(10)6(11)12-5;1-3-5-7-6-4-2/h2,5,7-10H,1H2;3-4H,1-2,5-6H2/t2-,5+;/m0./s1. The van der Waals surface area contributed by atoms with Gasteiger partial charge in [0.25, 0.3) is 0 Å². The molecule has 0 unspecified atom stereocenters. The van der Waals surface area contributed by atoms with Crippen molar-refractivity contribution >= 4 is 5.97 Å². The smallest absolute Gasteiger partial charge is 0.377 e. The summed E-state index contributed by atoms with van der Waals surface area (Å²) in [5, 5.41) is 35.0. The second-order valence-corrected chi connectivity index (χ2v) is 3.42. The molecule has 0 amide bonds. The number of carbonyl (C=O) groups is 1. The number of cyclic esters (lactones) is 1. The van der Waals surface area contributed by atoms with E-state index in [1.54, 1.807) is 12.2 Å². The second-order valence-electron chi connectivity index (χ2n) is 3.42. The molecule has 7 nitrogen and oxygen atoms in total. The molecule has 0 aromatic carbocycles. The van der Waals surface area contributed by atoms with Crippen molar-refractivity contribution in [3.8, 4) is 0 Å². The average molecular weight is 274 g/mol. The largest absolute Gasteiger partial charge is 0.505 e. The van der Waals surface area contributed by atoms with Crippen molar-refractivity contribution in [3.63, 3.8) is 0 Å². The van der Waals surface area contributed by atoms with Gasteiger partial charge in [-0.2, -0.15) is 0 Å². The average Bonchev–Trinajstić information content (AvgIpc) is 2.67. The van der Waals surface area contributed by atoms with Crippen LogP contribution in [0, 0.1) is 0 Å². The number of rotatable bonds is 6. The molecule has 1 heterocycles. The lowest BCUT2D eigenvalue weighted by atomic mass is 10.2. The first-order valence-corrected chi connectivity index (χ1v) is 5.41. The zero-order valence-corrected chi connectivity index (χ0v) is 10.4. The van der Waals surface area contributed by atoms with Gasteiger partial charge in [-0.25, -0.2) is 4.79 Å². The fraction of sp³-hybridized carbons (Fsp3) is 0.417. The fourth-order valence-electron chi connectivity index (χ4n) is 1.06. The van der Waals surface area contributed by atoms with Crippen molar-refractivity contribution in [1.82, 2.24) is 0 Å². The Hall–Kier alpha value is -1.83. The Morgan fingerprint density at radius 3 is 2.16 bits per heavy atom. The Labute approximate surface area is 110 Å². The Balaban J connectivity index is 0.000000399. The third-order valence-corrected chi connectivity index (χ3v) is 1.95. The third kappa shape index (κ3) is 5.56. The van der Waals surface area contributed by atoms with Gasteiger partial charge >= 0.3 is 5.97 Å². The molecule has 0 radical (unpaired) electrons. The number of aliphatic hydroxyl groups excluding tert-OH is 4. The summed E-state index contributed by atoms with van der Waals surface area (Å²) in [6, 6.07) is 0. The molecule has 19 heavy (non-hydrogen) atoms. The number of aliphatic hydroxyl groups is 4. The second kappa shape index (κ2) is 9.15. The summed E-state index contributed by atoms with van der Waals surface area (Å²) in [7, 11) is 0. The van der Waals surface area contributed by atoms with Crippen LogP contribution in [0.3, 0.4) is 0 Å². The van der Waals surface area contributed by atoms with Gasteiger partial charge in [-0.3, -0.25) is 0 Å². The maximum Gasteiger partial charge on any atom is 0.377 e. The van der Waals surface area contributed by atoms with Crippen LogP contribution in [-0.2, 0) is 14.3 Å². The molecule has 0 spiro atoms. The monoisotopic (exact) mass is 274 g/mol. The van der Waals surface area contributed by atoms with Crippen molar-refractivity contribution in [1.29, 1.82) is 0 Å². The molecule has 7 heteroatoms. The van der Waals surface area contributed by atoms with Gasteiger partial charge in [0.05, 0.1) is 19.8 Å². The summed E-state index contributed by atoms with van der Waals surface area (Å²) in [4.78, 5) is 10.5. The highest BCUT2D eigenvalue weighted by atomic mass is 16.6. The van der Waals surface area contributed by atoms with E-state index in [0.717, 1.165) is 0 Å². The quantitative estimate of drug-likeness (QED) is 0.305. The highest BCUT2D eigenvalue weighted by molar-refractivity contribution is 5.89. The molecule has 1 rings (SSSR count). The highest BCUT2D eigenvalue weighted by Gasteiger charge is 2.38. The predicted molar refractivity (Wildman–Crippen MR) is 66.5 cm³/mol. The molecular formula is C12H18O7. The lowest BCUT2D eigenvalue weighted by Gasteiger charge is -2.13. The van der Waals surface area contributed by atoms with Crippen molar-refractivity contribution in [2.24, 2.45) is 0 Å². The van der Waals surface area contributed by atoms with E-state index in [0.29, 0.717) is 13.2 Å². The van der Waals surface area contributed by atoms with Crippen molar-refractivity contribution in [2.45, 2.75) is 12.2 Å². The van der Waals surface area contributed by atoms with Gasteiger partial charge in [0.15, 0.2) is 11.9 Å². The zero-order chi connectivity index (χ0) is 14.8. The summed E-state index contributed by atoms with van der Waals surface area (Å²) in [5.74, 6) is -2.78. The summed E-state index contributed by atoms with van der Waals surface area (Å²) >= 11 is 0. The van der Waals surface area contributed by atoms with Gasteiger partial charge in [-0.05, 0) is 0 Å². The Morgan fingerprint density at radius 1 is 1.32 bits per heavy atom. The number of ether oxygens (including phenoxy) is 2. The molecule has 108 valence electrons. The van der Waals surface area contributed by atoms with Crippen LogP contribution >= 0.6 is 0 Å². The molecule has 1 aliphatic rings. The Morgan fingerprint density at radius 2 is 1.84 bits per heavy atom. The summed E-state index contributed by atoms with van der Waals surface area (Å²) in [6.07, 6.45) is 0.647. The minimum Gasteiger partial charge on any atom is -0.505 e. The van der Waals surface area contributed by atoms with E-state index in [1.165, 1.54) is 0 Å². The maximum atomic E-state index is 10.5. The topological polar surface area (TPSA) is 116 Å². The van der Waals surface area contributed by atoms with Gasteiger partial charge < -0.3 is 29.9 Å². The molecule has 0 aromatic heterocycles. The van der Waals surface area contributed by atoms with Crippen LogP contribution in [0.2, 0.25) is 0 Å². The molecule has 0 aromatic rings. The van der Waals surface area contributed by atoms with Crippen LogP contribution in [0.5, 0.6) is 0 Å². The number of esters is 1. The molecule has 2 atom stereocenters. The first kappa shape index (κ1) is 17.2. The Bertz CT molecular complexity index is 340. The van der Waals surface area contributed by atoms with Gasteiger partial charge in [0.1, 0.15) is 6.10 Å². The van der Waals surface area contributed by atoms with Crippen LogP contribution in [0.1, 0.15) is 0 Å². The molecule has 0 saturated carbocycles. The van der Waals surface area contributed by atoms with E-state index in [1.807, 2.05) is 0 Å². The van der Waals surface area contributed by atoms with E-state index < -0.39 is 36.3 Å². The minimum absolute atomic E-state index is 0.617. The van der Waals surface area contributed by atoms with Gasteiger partial charge in [0, 0.05) is 0 Å². The summed E-state index contributed by atoms with van der Waals surface area (Å²) < 4.78 is 9.21. The molecule has 0 fully saturated rings. The first-order valence-electron chi connectivity index (χ1n) is 5.41. The van der Waals surface area contributed by atoms with Crippen molar-refractivity contribution in [2.75, 3.05) is 19.8 Å². The van der Waals surface area contributed by atoms with Gasteiger partial charge in [-0.15, -0.1) is 13.2 Å². The molecule has 0 bridgehead atoms. The van der Waals surface area contributed by atoms with Crippen LogP contribution < -0.4 is 0 Å². The number of hydrogen-bond donors (Lipinski definition) is 4. The van der Waals surface area contributed by atoms with Crippen LogP contribution in [0.15, 0.2) is 36.8 Å². The molecule has 0 aliphatic carbocycles. The minimum atomic E-state index is -1.42. The first-order chi connectivity index (χ1) is 8.99. The van der Waals surface area contributed by atoms with E-state index in [4.69, 9.17) is 25.2 Å². The number of carbonyl (C=O) groups excluding carboxylic acids is 1. The van der Waals surface area contributed by atoms with E-state index in [2.05, 4.69) is 17.9 Å². The molecule has 1 aliphatic heterocycles. The lowest BCUT2D eigenvalue weighted by molar-refractivity contribution is -0.147. The van der Waals surface area contributed by atoms with E-state index in [-0.39, 0.29) is 0 Å². The maximum absolute atomic E-state index is 10.5. The van der Waals surface area contributed by atoms with Crippen molar-refractivity contribution in [3.05, 3.63) is 36.8 Å². The van der Waals surface area contributed by atoms with E-state index >= 15 is 0 Å². The summed E-state index contributed by atoms with van der Waals surface area (Å²) in [6.45, 7) is 7.51. The van der Waals surface area contributed by atoms with Gasteiger partial charge in [0.2, 0.25) is 5.76 Å². The molecule has 4 N–H and O–H groups in total. The third-order valence-electron chi connectivity index (χ3n) is 1.95. The van der Waals surface area contributed by atoms with Crippen LogP contribution in [0.4, 0.5) is 0 Å². The van der Waals surface area contributed by atoms with Crippen molar-refractivity contribution < 1.29 is 34.7 Å². The normalized spacial score (nSPS) is 19.3. The Kier molecular flexibility index (Phi) is 8.27.